The van der Waals surface area contributed by atoms with Crippen LogP contribution in [-0.2, 0) is 13.1 Å². The van der Waals surface area contributed by atoms with Gasteiger partial charge in [-0.15, -0.1) is 0 Å². The molecule has 1 aliphatic heterocycles. The van der Waals surface area contributed by atoms with E-state index in [9.17, 15) is 9.18 Å². The molecule has 1 saturated heterocycles. The minimum Gasteiger partial charge on any atom is -0.492 e. The lowest BCUT2D eigenvalue weighted by molar-refractivity contribution is 0.178. The van der Waals surface area contributed by atoms with Crippen molar-refractivity contribution in [1.82, 2.24) is 15.1 Å². The second kappa shape index (κ2) is 13.1. The number of carbonyl (C=O) groups excluding carboxylic acids is 1. The monoisotopic (exact) mass is 489 g/mol. The lowest BCUT2D eigenvalue weighted by Crippen LogP contribution is -2.41. The highest BCUT2D eigenvalue weighted by Gasteiger charge is 2.24. The summed E-state index contributed by atoms with van der Waals surface area (Å²) in [4.78, 5) is 17.1. The van der Waals surface area contributed by atoms with Crippen molar-refractivity contribution in [3.63, 3.8) is 0 Å². The first kappa shape index (κ1) is 25.7. The van der Waals surface area contributed by atoms with Gasteiger partial charge in [0.05, 0.1) is 6.54 Å². The van der Waals surface area contributed by atoms with E-state index < -0.39 is 0 Å². The molecule has 6 heteroatoms. The molecule has 0 saturated carbocycles. The van der Waals surface area contributed by atoms with Gasteiger partial charge >= 0.3 is 6.03 Å². The summed E-state index contributed by atoms with van der Waals surface area (Å²) in [7, 11) is 0. The molecule has 3 aromatic carbocycles. The zero-order valence-corrected chi connectivity index (χ0v) is 21.0. The Bertz CT molecular complexity index is 1080. The minimum absolute atomic E-state index is 0.0712. The third kappa shape index (κ3) is 7.31. The van der Waals surface area contributed by atoms with E-state index >= 15 is 0 Å². The predicted molar refractivity (Wildman–Crippen MR) is 142 cm³/mol. The Kier molecular flexibility index (Phi) is 9.33. The third-order valence-electron chi connectivity index (χ3n) is 6.75. The van der Waals surface area contributed by atoms with Crippen LogP contribution >= 0.6 is 0 Å². The van der Waals surface area contributed by atoms with Crippen LogP contribution in [0.2, 0.25) is 0 Å². The fourth-order valence-electron chi connectivity index (χ4n) is 4.84. The molecule has 4 rings (SSSR count). The number of para-hydroxylation sites is 1. The standard InChI is InChI=1S/C30H36FN3O2/c1-2-32-30(35)34(20-21-36-28-9-4-3-5-10-28)23-26-8-6-7-11-29(26)25-16-18-33(19-17-25)22-24-12-14-27(31)15-13-24/h3-15,25H,2,16-23H2,1H3,(H,32,35). The van der Waals surface area contributed by atoms with Gasteiger partial charge in [0, 0.05) is 19.6 Å². The van der Waals surface area contributed by atoms with E-state index in [1.54, 1.807) is 0 Å². The van der Waals surface area contributed by atoms with Gasteiger partial charge in [-0.25, -0.2) is 9.18 Å². The smallest absolute Gasteiger partial charge is 0.317 e. The van der Waals surface area contributed by atoms with Gasteiger partial charge in [-0.2, -0.15) is 0 Å². The molecule has 0 radical (unpaired) electrons. The van der Waals surface area contributed by atoms with Crippen molar-refractivity contribution in [3.8, 4) is 5.75 Å². The van der Waals surface area contributed by atoms with Crippen LogP contribution in [0.4, 0.5) is 9.18 Å². The van der Waals surface area contributed by atoms with E-state index in [0.29, 0.717) is 32.2 Å². The average Bonchev–Trinajstić information content (AvgIpc) is 2.91. The molecule has 3 aromatic rings. The highest BCUT2D eigenvalue weighted by atomic mass is 19.1. The molecule has 190 valence electrons. The number of rotatable bonds is 10. The van der Waals surface area contributed by atoms with Gasteiger partial charge in [0.15, 0.2) is 0 Å². The van der Waals surface area contributed by atoms with Gasteiger partial charge in [0.25, 0.3) is 0 Å². The van der Waals surface area contributed by atoms with Gasteiger partial charge in [0.2, 0.25) is 0 Å². The molecule has 1 fully saturated rings. The second-order valence-electron chi connectivity index (χ2n) is 9.29. The SMILES string of the molecule is CCNC(=O)N(CCOc1ccccc1)Cc1ccccc1C1CCN(Cc2ccc(F)cc2)CC1. The number of likely N-dealkylation sites (tertiary alicyclic amines) is 1. The van der Waals surface area contributed by atoms with Gasteiger partial charge in [-0.1, -0.05) is 54.6 Å². The van der Waals surface area contributed by atoms with Gasteiger partial charge in [-0.3, -0.25) is 4.90 Å². The first-order valence-corrected chi connectivity index (χ1v) is 12.9. The van der Waals surface area contributed by atoms with E-state index in [4.69, 9.17) is 4.74 Å². The molecule has 1 N–H and O–H groups in total. The zero-order valence-electron chi connectivity index (χ0n) is 21.0. The van der Waals surface area contributed by atoms with Gasteiger partial charge < -0.3 is 15.0 Å². The molecule has 2 amide bonds. The maximum atomic E-state index is 13.2. The number of urea groups is 1. The number of carbonyl (C=O) groups is 1. The van der Waals surface area contributed by atoms with Crippen LogP contribution in [0.1, 0.15) is 42.4 Å². The van der Waals surface area contributed by atoms with Crippen molar-refractivity contribution in [2.75, 3.05) is 32.8 Å². The number of hydrogen-bond acceptors (Lipinski definition) is 3. The quantitative estimate of drug-likeness (QED) is 0.391. The van der Waals surface area contributed by atoms with Crippen LogP contribution in [0.5, 0.6) is 5.75 Å². The van der Waals surface area contributed by atoms with Crippen LogP contribution in [-0.4, -0.2) is 48.6 Å². The largest absolute Gasteiger partial charge is 0.492 e. The summed E-state index contributed by atoms with van der Waals surface area (Å²) in [5, 5.41) is 2.95. The highest BCUT2D eigenvalue weighted by molar-refractivity contribution is 5.74. The van der Waals surface area contributed by atoms with Crippen LogP contribution in [0.3, 0.4) is 0 Å². The number of benzene rings is 3. The normalized spacial score (nSPS) is 14.4. The van der Waals surface area contributed by atoms with E-state index in [1.807, 2.05) is 54.3 Å². The minimum atomic E-state index is -0.192. The highest BCUT2D eigenvalue weighted by Crippen LogP contribution is 2.31. The topological polar surface area (TPSA) is 44.8 Å². The molecule has 1 aliphatic rings. The van der Waals surface area contributed by atoms with Crippen molar-refractivity contribution in [2.24, 2.45) is 0 Å². The fourth-order valence-corrected chi connectivity index (χ4v) is 4.84. The number of ether oxygens (including phenoxy) is 1. The molecule has 0 atom stereocenters. The Morgan fingerprint density at radius 3 is 2.42 bits per heavy atom. The molecule has 5 nitrogen and oxygen atoms in total. The summed E-state index contributed by atoms with van der Waals surface area (Å²) < 4.78 is 19.1. The molecule has 1 heterocycles. The third-order valence-corrected chi connectivity index (χ3v) is 6.75. The maximum Gasteiger partial charge on any atom is 0.317 e. The second-order valence-corrected chi connectivity index (χ2v) is 9.29. The van der Waals surface area contributed by atoms with Gasteiger partial charge in [-0.05, 0) is 79.7 Å². The lowest BCUT2D eigenvalue weighted by atomic mass is 9.86. The summed E-state index contributed by atoms with van der Waals surface area (Å²) in [5.41, 5.74) is 3.67. The van der Waals surface area contributed by atoms with Crippen molar-refractivity contribution in [1.29, 1.82) is 0 Å². The number of halogens is 1. The maximum absolute atomic E-state index is 13.2. The predicted octanol–water partition coefficient (Wildman–Crippen LogP) is 5.82. The summed E-state index contributed by atoms with van der Waals surface area (Å²) in [6.45, 7) is 6.86. The Hall–Kier alpha value is -3.38. The first-order valence-electron chi connectivity index (χ1n) is 12.9. The van der Waals surface area contributed by atoms with E-state index in [0.717, 1.165) is 43.8 Å². The molecule has 0 aliphatic carbocycles. The Labute approximate surface area is 213 Å². The molecular weight excluding hydrogens is 453 g/mol. The number of hydrogen-bond donors (Lipinski definition) is 1. The Morgan fingerprint density at radius 1 is 1.00 bits per heavy atom. The molecular formula is C30H36FN3O2. The van der Waals surface area contributed by atoms with Crippen molar-refractivity contribution >= 4 is 6.03 Å². The average molecular weight is 490 g/mol. The molecule has 36 heavy (non-hydrogen) atoms. The van der Waals surface area contributed by atoms with Crippen molar-refractivity contribution in [2.45, 2.75) is 38.8 Å². The first-order chi connectivity index (χ1) is 17.6. The van der Waals surface area contributed by atoms with E-state index in [2.05, 4.69) is 34.5 Å². The number of piperidine rings is 1. The number of nitrogens with one attached hydrogen (secondary N) is 1. The van der Waals surface area contributed by atoms with Crippen molar-refractivity contribution < 1.29 is 13.9 Å². The van der Waals surface area contributed by atoms with E-state index in [-0.39, 0.29) is 11.8 Å². The Morgan fingerprint density at radius 2 is 1.69 bits per heavy atom. The lowest BCUT2D eigenvalue weighted by Gasteiger charge is -2.33. The van der Waals surface area contributed by atoms with Crippen LogP contribution in [0.15, 0.2) is 78.9 Å². The zero-order chi connectivity index (χ0) is 25.2. The van der Waals surface area contributed by atoms with Crippen LogP contribution < -0.4 is 10.1 Å². The van der Waals surface area contributed by atoms with E-state index in [1.165, 1.54) is 23.3 Å². The molecule has 0 spiro atoms. The van der Waals surface area contributed by atoms with Crippen molar-refractivity contribution in [3.05, 3.63) is 101 Å². The fraction of sp³-hybridized carbons (Fsp3) is 0.367. The Balaban J connectivity index is 1.37. The van der Waals surface area contributed by atoms with Crippen LogP contribution in [0.25, 0.3) is 0 Å². The summed E-state index contributed by atoms with van der Waals surface area (Å²) in [6.07, 6.45) is 2.13. The van der Waals surface area contributed by atoms with Crippen LogP contribution in [0, 0.1) is 5.82 Å². The summed E-state index contributed by atoms with van der Waals surface area (Å²) in [6, 6.07) is 24.9. The number of nitrogens with zero attached hydrogens (tertiary/aromatic N) is 2. The molecule has 0 aromatic heterocycles. The van der Waals surface area contributed by atoms with Gasteiger partial charge in [0.1, 0.15) is 18.2 Å². The number of amides is 2. The molecule has 0 unspecified atom stereocenters. The summed E-state index contributed by atoms with van der Waals surface area (Å²) >= 11 is 0. The summed E-state index contributed by atoms with van der Waals surface area (Å²) in [5.74, 6) is 1.07. The molecule has 0 bridgehead atoms.